The van der Waals surface area contributed by atoms with Gasteiger partial charge in [-0.05, 0) is 42.0 Å². The quantitative estimate of drug-likeness (QED) is 0.881. The second kappa shape index (κ2) is 7.51. The van der Waals surface area contributed by atoms with Crippen LogP contribution in [-0.4, -0.2) is 29.8 Å². The van der Waals surface area contributed by atoms with Crippen LogP contribution < -0.4 is 5.73 Å². The van der Waals surface area contributed by atoms with Gasteiger partial charge in [0, 0.05) is 19.5 Å². The van der Waals surface area contributed by atoms with Crippen LogP contribution in [0.4, 0.5) is 0 Å². The number of hydrogen-bond donors (Lipinski definition) is 1. The molecule has 0 bridgehead atoms. The Morgan fingerprint density at radius 2 is 1.68 bits per heavy atom. The first-order valence-corrected chi connectivity index (χ1v) is 8.81. The summed E-state index contributed by atoms with van der Waals surface area (Å²) in [5.41, 5.74) is 9.78. The summed E-state index contributed by atoms with van der Waals surface area (Å²) in [4.78, 5) is 24.9. The normalized spacial score (nSPS) is 15.4. The van der Waals surface area contributed by atoms with Crippen LogP contribution in [0.3, 0.4) is 0 Å². The minimum absolute atomic E-state index is 0.273. The first-order chi connectivity index (χ1) is 12.0. The number of benzene rings is 2. The van der Waals surface area contributed by atoms with Crippen LogP contribution in [0.15, 0.2) is 48.5 Å². The fourth-order valence-electron chi connectivity index (χ4n) is 3.20. The Bertz CT molecular complexity index is 750. The minimum Gasteiger partial charge on any atom is -0.369 e. The molecule has 130 valence electrons. The molecule has 0 spiro atoms. The van der Waals surface area contributed by atoms with Crippen LogP contribution in [0.5, 0.6) is 0 Å². The van der Waals surface area contributed by atoms with E-state index in [2.05, 4.69) is 24.3 Å². The molecule has 0 aliphatic carbocycles. The highest BCUT2D eigenvalue weighted by molar-refractivity contribution is 5.81. The van der Waals surface area contributed by atoms with Crippen molar-refractivity contribution in [1.29, 1.82) is 0 Å². The maximum atomic E-state index is 11.6. The van der Waals surface area contributed by atoms with Crippen molar-refractivity contribution < 1.29 is 9.59 Å². The molecular formula is C21H24N2O2. The van der Waals surface area contributed by atoms with E-state index in [9.17, 15) is 9.59 Å². The van der Waals surface area contributed by atoms with Gasteiger partial charge in [-0.15, -0.1) is 0 Å². The fraction of sp³-hybridized carbons (Fsp3) is 0.333. The van der Waals surface area contributed by atoms with Crippen LogP contribution in [0.2, 0.25) is 0 Å². The summed E-state index contributed by atoms with van der Waals surface area (Å²) in [5, 5.41) is 0. The van der Waals surface area contributed by atoms with Crippen LogP contribution >= 0.6 is 0 Å². The van der Waals surface area contributed by atoms with Crippen molar-refractivity contribution in [2.75, 3.05) is 13.1 Å². The number of hydrogen-bond acceptors (Lipinski definition) is 2. The Hall–Kier alpha value is -2.62. The standard InChI is InChI=1S/C21H24N2O2/c1-15(21(22)25)17-8-10-19(11-9-17)18-6-4-16(5-7-18)12-14-23-13-2-3-20(23)24/h4-11,15H,2-3,12-14H2,1H3,(H2,22,25). The van der Waals surface area contributed by atoms with E-state index >= 15 is 0 Å². The molecule has 2 aromatic rings. The zero-order chi connectivity index (χ0) is 17.8. The lowest BCUT2D eigenvalue weighted by atomic mass is 9.96. The maximum Gasteiger partial charge on any atom is 0.224 e. The Morgan fingerprint density at radius 1 is 1.08 bits per heavy atom. The van der Waals surface area contributed by atoms with Crippen molar-refractivity contribution in [2.24, 2.45) is 5.73 Å². The Kier molecular flexibility index (Phi) is 5.17. The van der Waals surface area contributed by atoms with Crippen molar-refractivity contribution in [3.8, 4) is 11.1 Å². The number of amides is 2. The SMILES string of the molecule is CC(C(N)=O)c1ccc(-c2ccc(CCN3CCCC3=O)cc2)cc1. The number of rotatable bonds is 6. The lowest BCUT2D eigenvalue weighted by Gasteiger charge is -2.15. The molecule has 1 fully saturated rings. The first-order valence-electron chi connectivity index (χ1n) is 8.81. The topological polar surface area (TPSA) is 63.4 Å². The Balaban J connectivity index is 1.63. The summed E-state index contributed by atoms with van der Waals surface area (Å²) in [6.45, 7) is 3.52. The summed E-state index contributed by atoms with van der Waals surface area (Å²) in [6, 6.07) is 16.4. The van der Waals surface area contributed by atoms with E-state index in [1.165, 1.54) is 5.56 Å². The summed E-state index contributed by atoms with van der Waals surface area (Å²) < 4.78 is 0. The average Bonchev–Trinajstić information content (AvgIpc) is 3.05. The van der Waals surface area contributed by atoms with E-state index in [0.29, 0.717) is 6.42 Å². The van der Waals surface area contributed by atoms with Gasteiger partial charge in [-0.2, -0.15) is 0 Å². The average molecular weight is 336 g/mol. The monoisotopic (exact) mass is 336 g/mol. The van der Waals surface area contributed by atoms with E-state index in [1.54, 1.807) is 0 Å². The zero-order valence-corrected chi connectivity index (χ0v) is 14.6. The third-order valence-corrected chi connectivity index (χ3v) is 4.97. The number of likely N-dealkylation sites (tertiary alicyclic amines) is 1. The van der Waals surface area contributed by atoms with E-state index < -0.39 is 0 Å². The molecular weight excluding hydrogens is 312 g/mol. The molecule has 0 aromatic heterocycles. The highest BCUT2D eigenvalue weighted by atomic mass is 16.2. The second-order valence-electron chi connectivity index (χ2n) is 6.68. The molecule has 1 aliphatic heterocycles. The van der Waals surface area contributed by atoms with Gasteiger partial charge < -0.3 is 10.6 Å². The molecule has 2 N–H and O–H groups in total. The summed E-state index contributed by atoms with van der Waals surface area (Å²) >= 11 is 0. The fourth-order valence-corrected chi connectivity index (χ4v) is 3.20. The Labute approximate surface area is 148 Å². The first kappa shape index (κ1) is 17.2. The lowest BCUT2D eigenvalue weighted by molar-refractivity contribution is -0.127. The van der Waals surface area contributed by atoms with Crippen molar-refractivity contribution in [3.63, 3.8) is 0 Å². The third-order valence-electron chi connectivity index (χ3n) is 4.97. The highest BCUT2D eigenvalue weighted by Gasteiger charge is 2.19. The molecule has 4 heteroatoms. The van der Waals surface area contributed by atoms with Gasteiger partial charge in [0.25, 0.3) is 0 Å². The zero-order valence-electron chi connectivity index (χ0n) is 14.6. The molecule has 1 saturated heterocycles. The smallest absolute Gasteiger partial charge is 0.224 e. The summed E-state index contributed by atoms with van der Waals surface area (Å²) in [5.74, 6) is -0.305. The number of nitrogens with zero attached hydrogens (tertiary/aromatic N) is 1. The van der Waals surface area contributed by atoms with Gasteiger partial charge in [0.15, 0.2) is 0 Å². The summed E-state index contributed by atoms with van der Waals surface area (Å²) in [6.07, 6.45) is 2.58. The second-order valence-corrected chi connectivity index (χ2v) is 6.68. The van der Waals surface area contributed by atoms with Crippen molar-refractivity contribution in [1.82, 2.24) is 4.90 Å². The van der Waals surface area contributed by atoms with Crippen LogP contribution in [0.25, 0.3) is 11.1 Å². The van der Waals surface area contributed by atoms with Gasteiger partial charge in [0.05, 0.1) is 5.92 Å². The Morgan fingerprint density at radius 3 is 2.20 bits per heavy atom. The largest absolute Gasteiger partial charge is 0.369 e. The molecule has 4 nitrogen and oxygen atoms in total. The van der Waals surface area contributed by atoms with E-state index in [0.717, 1.165) is 42.6 Å². The van der Waals surface area contributed by atoms with Gasteiger partial charge in [-0.3, -0.25) is 9.59 Å². The number of nitrogens with two attached hydrogens (primary N) is 1. The molecule has 0 saturated carbocycles. The molecule has 3 rings (SSSR count). The molecule has 1 heterocycles. The number of carbonyl (C=O) groups is 2. The molecule has 1 unspecified atom stereocenters. The van der Waals surface area contributed by atoms with Crippen molar-refractivity contribution in [3.05, 3.63) is 59.7 Å². The van der Waals surface area contributed by atoms with E-state index in [1.807, 2.05) is 36.1 Å². The van der Waals surface area contributed by atoms with Crippen LogP contribution in [0, 0.1) is 0 Å². The molecule has 1 aliphatic rings. The van der Waals surface area contributed by atoms with Gasteiger partial charge in [-0.25, -0.2) is 0 Å². The van der Waals surface area contributed by atoms with E-state index in [4.69, 9.17) is 5.73 Å². The minimum atomic E-state index is -0.311. The molecule has 2 amide bonds. The van der Waals surface area contributed by atoms with E-state index in [-0.39, 0.29) is 17.7 Å². The molecule has 0 radical (unpaired) electrons. The van der Waals surface area contributed by atoms with Gasteiger partial charge in [0.1, 0.15) is 0 Å². The van der Waals surface area contributed by atoms with Crippen molar-refractivity contribution in [2.45, 2.75) is 32.1 Å². The highest BCUT2D eigenvalue weighted by Crippen LogP contribution is 2.23. The molecule has 2 aromatic carbocycles. The van der Waals surface area contributed by atoms with Crippen LogP contribution in [-0.2, 0) is 16.0 Å². The number of primary amides is 1. The van der Waals surface area contributed by atoms with Gasteiger partial charge >= 0.3 is 0 Å². The number of carbonyl (C=O) groups excluding carboxylic acids is 2. The lowest BCUT2D eigenvalue weighted by Crippen LogP contribution is -2.26. The van der Waals surface area contributed by atoms with Crippen molar-refractivity contribution >= 4 is 11.8 Å². The molecule has 1 atom stereocenters. The van der Waals surface area contributed by atoms with Crippen LogP contribution in [0.1, 0.15) is 36.8 Å². The molecule has 25 heavy (non-hydrogen) atoms. The third kappa shape index (κ3) is 4.08. The maximum absolute atomic E-state index is 11.6. The predicted octanol–water partition coefficient (Wildman–Crippen LogP) is 3.11. The van der Waals surface area contributed by atoms with Gasteiger partial charge in [-0.1, -0.05) is 48.5 Å². The van der Waals surface area contributed by atoms with Gasteiger partial charge in [0.2, 0.25) is 11.8 Å². The summed E-state index contributed by atoms with van der Waals surface area (Å²) in [7, 11) is 0. The predicted molar refractivity (Wildman–Crippen MR) is 99.0 cm³/mol.